The minimum atomic E-state index is -0.381. The van der Waals surface area contributed by atoms with Crippen molar-refractivity contribution in [3.63, 3.8) is 0 Å². The summed E-state index contributed by atoms with van der Waals surface area (Å²) in [6.45, 7) is 10.7. The van der Waals surface area contributed by atoms with E-state index in [4.69, 9.17) is 0 Å². The monoisotopic (exact) mass is 405 g/mol. The highest BCUT2D eigenvalue weighted by molar-refractivity contribution is 6.52. The van der Waals surface area contributed by atoms with Gasteiger partial charge < -0.3 is 4.90 Å². The summed E-state index contributed by atoms with van der Waals surface area (Å²) in [5, 5.41) is 0. The van der Waals surface area contributed by atoms with Crippen molar-refractivity contribution in [3.8, 4) is 0 Å². The van der Waals surface area contributed by atoms with Crippen molar-refractivity contribution < 1.29 is 9.59 Å². The normalized spacial score (nSPS) is 18.7. The van der Waals surface area contributed by atoms with Crippen LogP contribution in [-0.2, 0) is 11.3 Å². The van der Waals surface area contributed by atoms with E-state index < -0.39 is 0 Å². The molecule has 30 heavy (non-hydrogen) atoms. The molecule has 0 spiro atoms. The van der Waals surface area contributed by atoms with Gasteiger partial charge in [-0.2, -0.15) is 0 Å². The molecule has 4 rings (SSSR count). The highest BCUT2D eigenvalue weighted by Crippen LogP contribution is 2.32. The van der Waals surface area contributed by atoms with Crippen LogP contribution in [0.1, 0.15) is 47.7 Å². The molecule has 0 radical (unpaired) electrons. The highest BCUT2D eigenvalue weighted by atomic mass is 16.2. The van der Waals surface area contributed by atoms with Crippen LogP contribution < -0.4 is 4.90 Å². The number of carbonyl (C=O) groups is 2. The Labute approximate surface area is 179 Å². The lowest BCUT2D eigenvalue weighted by atomic mass is 9.96. The van der Waals surface area contributed by atoms with Crippen LogP contribution in [0.25, 0.3) is 0 Å². The predicted octanol–water partition coefficient (Wildman–Crippen LogP) is 3.55. The van der Waals surface area contributed by atoms with Crippen LogP contribution in [0.5, 0.6) is 0 Å². The van der Waals surface area contributed by atoms with Crippen molar-refractivity contribution in [1.82, 2.24) is 9.80 Å². The maximum atomic E-state index is 12.6. The lowest BCUT2D eigenvalue weighted by Gasteiger charge is -2.35. The van der Waals surface area contributed by atoms with E-state index in [0.717, 1.165) is 56.9 Å². The zero-order valence-electron chi connectivity index (χ0n) is 18.0. The van der Waals surface area contributed by atoms with Gasteiger partial charge in [-0.1, -0.05) is 50.2 Å². The van der Waals surface area contributed by atoms with E-state index in [1.807, 2.05) is 12.1 Å². The highest BCUT2D eigenvalue weighted by Gasteiger charge is 2.36. The van der Waals surface area contributed by atoms with Gasteiger partial charge in [0.25, 0.3) is 11.7 Å². The number of carbonyl (C=O) groups excluding carboxylic acids is 2. The fraction of sp³-hybridized carbons (Fsp3) is 0.440. The molecular formula is C25H31N3O2. The fourth-order valence-corrected chi connectivity index (χ4v) is 4.34. The van der Waals surface area contributed by atoms with Crippen molar-refractivity contribution >= 4 is 17.4 Å². The molecule has 2 heterocycles. The molecule has 0 saturated carbocycles. The Morgan fingerprint density at radius 2 is 1.60 bits per heavy atom. The number of fused-ring (bicyclic) bond motifs is 1. The zero-order valence-corrected chi connectivity index (χ0v) is 18.0. The van der Waals surface area contributed by atoms with Crippen molar-refractivity contribution in [2.75, 3.05) is 44.2 Å². The Morgan fingerprint density at radius 1 is 0.900 bits per heavy atom. The molecular weight excluding hydrogens is 374 g/mol. The summed E-state index contributed by atoms with van der Waals surface area (Å²) in [5.74, 6) is -0.351. The van der Waals surface area contributed by atoms with Crippen molar-refractivity contribution in [2.45, 2.75) is 32.7 Å². The second-order valence-electron chi connectivity index (χ2n) is 8.48. The molecule has 5 heteroatoms. The minimum absolute atomic E-state index is 0.358. The van der Waals surface area contributed by atoms with E-state index in [1.54, 1.807) is 4.90 Å². The lowest BCUT2D eigenvalue weighted by molar-refractivity contribution is -0.114. The average Bonchev–Trinajstić information content (AvgIpc) is 3.03. The molecule has 0 bridgehead atoms. The number of rotatable bonds is 7. The SMILES string of the molecule is CCC(C)c1ccc2c(c1)C(=O)C(=O)N2CCN1CCN(Cc2ccccc2)CC1. The van der Waals surface area contributed by atoms with Crippen molar-refractivity contribution in [1.29, 1.82) is 0 Å². The van der Waals surface area contributed by atoms with Gasteiger partial charge in [0.2, 0.25) is 0 Å². The smallest absolute Gasteiger partial charge is 0.299 e. The molecule has 2 aliphatic rings. The Kier molecular flexibility index (Phi) is 6.30. The van der Waals surface area contributed by atoms with Crippen LogP contribution in [0, 0.1) is 0 Å². The zero-order chi connectivity index (χ0) is 21.1. The van der Waals surface area contributed by atoms with Crippen LogP contribution in [0.3, 0.4) is 0 Å². The number of amides is 1. The van der Waals surface area contributed by atoms with Gasteiger partial charge in [-0.3, -0.25) is 19.4 Å². The first-order valence-electron chi connectivity index (χ1n) is 11.1. The van der Waals surface area contributed by atoms with E-state index in [1.165, 1.54) is 5.56 Å². The van der Waals surface area contributed by atoms with Crippen LogP contribution in [0.2, 0.25) is 0 Å². The minimum Gasteiger partial charge on any atom is -0.303 e. The van der Waals surface area contributed by atoms with E-state index in [2.05, 4.69) is 60.0 Å². The molecule has 0 N–H and O–H groups in total. The van der Waals surface area contributed by atoms with Gasteiger partial charge in [-0.25, -0.2) is 0 Å². The topological polar surface area (TPSA) is 43.9 Å². The number of ketones is 1. The summed E-state index contributed by atoms with van der Waals surface area (Å²) in [6.07, 6.45) is 1.01. The standard InChI is InChI=1S/C25H31N3O2/c1-3-19(2)21-9-10-23-22(17-21)24(29)25(30)28(23)16-15-26-11-13-27(14-12-26)18-20-7-5-4-6-8-20/h4-10,17,19H,3,11-16,18H2,1-2H3. The Morgan fingerprint density at radius 3 is 2.30 bits per heavy atom. The van der Waals surface area contributed by atoms with Crippen molar-refractivity contribution in [3.05, 3.63) is 65.2 Å². The van der Waals surface area contributed by atoms with E-state index in [-0.39, 0.29) is 11.7 Å². The molecule has 1 amide bonds. The van der Waals surface area contributed by atoms with Gasteiger partial charge in [-0.15, -0.1) is 0 Å². The number of benzene rings is 2. The molecule has 5 nitrogen and oxygen atoms in total. The third-order valence-electron chi connectivity index (χ3n) is 6.53. The number of Topliss-reactive ketones (excluding diaryl/α,β-unsaturated/α-hetero) is 1. The predicted molar refractivity (Wildman–Crippen MR) is 120 cm³/mol. The summed E-state index contributed by atoms with van der Waals surface area (Å²) in [7, 11) is 0. The number of anilines is 1. The maximum absolute atomic E-state index is 12.6. The number of piperazine rings is 1. The molecule has 1 saturated heterocycles. The Bertz CT molecular complexity index is 904. The Balaban J connectivity index is 1.33. The van der Waals surface area contributed by atoms with Gasteiger partial charge in [0, 0.05) is 45.8 Å². The van der Waals surface area contributed by atoms with E-state index in [9.17, 15) is 9.59 Å². The molecule has 158 valence electrons. The number of hydrogen-bond donors (Lipinski definition) is 0. The fourth-order valence-electron chi connectivity index (χ4n) is 4.34. The van der Waals surface area contributed by atoms with Gasteiger partial charge in [0.1, 0.15) is 0 Å². The maximum Gasteiger partial charge on any atom is 0.299 e. The van der Waals surface area contributed by atoms with Gasteiger partial charge >= 0.3 is 0 Å². The number of hydrogen-bond acceptors (Lipinski definition) is 4. The first-order valence-corrected chi connectivity index (χ1v) is 11.1. The molecule has 0 aliphatic carbocycles. The number of nitrogens with zero attached hydrogens (tertiary/aromatic N) is 3. The van der Waals surface area contributed by atoms with Gasteiger partial charge in [0.15, 0.2) is 0 Å². The molecule has 1 fully saturated rings. The molecule has 2 aliphatic heterocycles. The van der Waals surface area contributed by atoms with E-state index in [0.29, 0.717) is 18.0 Å². The van der Waals surface area contributed by atoms with Crippen molar-refractivity contribution in [2.24, 2.45) is 0 Å². The van der Waals surface area contributed by atoms with Crippen LogP contribution >= 0.6 is 0 Å². The lowest BCUT2D eigenvalue weighted by Crippen LogP contribution is -2.48. The average molecular weight is 406 g/mol. The first-order chi connectivity index (χ1) is 14.6. The van der Waals surface area contributed by atoms with Crippen LogP contribution in [0.4, 0.5) is 5.69 Å². The molecule has 2 aromatic carbocycles. The first kappa shape index (κ1) is 20.8. The summed E-state index contributed by atoms with van der Waals surface area (Å²) in [5.41, 5.74) is 3.83. The van der Waals surface area contributed by atoms with Crippen LogP contribution in [0.15, 0.2) is 48.5 Å². The largest absolute Gasteiger partial charge is 0.303 e. The molecule has 1 atom stereocenters. The third-order valence-corrected chi connectivity index (χ3v) is 6.53. The summed E-state index contributed by atoms with van der Waals surface area (Å²) < 4.78 is 0. The second-order valence-corrected chi connectivity index (χ2v) is 8.48. The summed E-state index contributed by atoms with van der Waals surface area (Å²) in [6, 6.07) is 16.5. The van der Waals surface area contributed by atoms with Crippen LogP contribution in [-0.4, -0.2) is 60.8 Å². The summed E-state index contributed by atoms with van der Waals surface area (Å²) >= 11 is 0. The Hall–Kier alpha value is -2.50. The second kappa shape index (κ2) is 9.11. The molecule has 2 aromatic rings. The quantitative estimate of drug-likeness (QED) is 0.661. The van der Waals surface area contributed by atoms with E-state index >= 15 is 0 Å². The molecule has 1 unspecified atom stereocenters. The summed E-state index contributed by atoms with van der Waals surface area (Å²) in [4.78, 5) is 31.7. The van der Waals surface area contributed by atoms with Gasteiger partial charge in [-0.05, 0) is 35.6 Å². The third kappa shape index (κ3) is 4.32. The van der Waals surface area contributed by atoms with Gasteiger partial charge in [0.05, 0.1) is 11.3 Å². The molecule has 0 aromatic heterocycles.